The first-order valence-corrected chi connectivity index (χ1v) is 3.82. The van der Waals surface area contributed by atoms with Crippen LogP contribution in [0.2, 0.25) is 0 Å². The van der Waals surface area contributed by atoms with Gasteiger partial charge in [0.25, 0.3) is 0 Å². The quantitative estimate of drug-likeness (QED) is 0.652. The van der Waals surface area contributed by atoms with Crippen molar-refractivity contribution in [3.63, 3.8) is 0 Å². The number of nitrogens with two attached hydrogens (primary N) is 1. The lowest BCUT2D eigenvalue weighted by atomic mass is 10.1. The molecule has 0 amide bonds. The third-order valence-electron chi connectivity index (χ3n) is 1.80. The largest absolute Gasteiger partial charge is 0.396 e. The molecule has 0 aliphatic carbocycles. The number of halogens is 1. The summed E-state index contributed by atoms with van der Waals surface area (Å²) in [6.07, 6.45) is 1.68. The molecule has 1 aromatic heterocycles. The molecule has 0 atom stereocenters. The SMILES string of the molecule is Nc1ccc(-c2cc[nH]n2)cc1F. The van der Waals surface area contributed by atoms with E-state index in [0.29, 0.717) is 11.3 Å². The number of anilines is 1. The third-order valence-corrected chi connectivity index (χ3v) is 1.80. The second-order valence-corrected chi connectivity index (χ2v) is 2.70. The Hall–Kier alpha value is -1.84. The van der Waals surface area contributed by atoms with Crippen LogP contribution >= 0.6 is 0 Å². The summed E-state index contributed by atoms with van der Waals surface area (Å²) in [7, 11) is 0. The van der Waals surface area contributed by atoms with E-state index in [4.69, 9.17) is 5.73 Å². The molecule has 0 bridgehead atoms. The van der Waals surface area contributed by atoms with Crippen LogP contribution in [0.4, 0.5) is 10.1 Å². The minimum Gasteiger partial charge on any atom is -0.396 e. The number of hydrogen-bond donors (Lipinski definition) is 2. The monoisotopic (exact) mass is 177 g/mol. The molecule has 0 spiro atoms. The van der Waals surface area contributed by atoms with Crippen molar-refractivity contribution in [1.82, 2.24) is 10.2 Å². The number of nitrogens with zero attached hydrogens (tertiary/aromatic N) is 1. The molecule has 4 heteroatoms. The lowest BCUT2D eigenvalue weighted by Crippen LogP contribution is -1.90. The smallest absolute Gasteiger partial charge is 0.146 e. The fourth-order valence-corrected chi connectivity index (χ4v) is 1.11. The van der Waals surface area contributed by atoms with Crippen molar-refractivity contribution >= 4 is 5.69 Å². The van der Waals surface area contributed by atoms with Crippen molar-refractivity contribution in [2.24, 2.45) is 0 Å². The Morgan fingerprint density at radius 3 is 2.77 bits per heavy atom. The molecule has 0 saturated carbocycles. The van der Waals surface area contributed by atoms with Crippen LogP contribution in [0.3, 0.4) is 0 Å². The number of aromatic nitrogens is 2. The van der Waals surface area contributed by atoms with E-state index in [2.05, 4.69) is 10.2 Å². The predicted molar refractivity (Wildman–Crippen MR) is 48.4 cm³/mol. The molecule has 0 aliphatic rings. The number of nitrogens with one attached hydrogen (secondary N) is 1. The van der Waals surface area contributed by atoms with E-state index in [9.17, 15) is 4.39 Å². The molecule has 3 nitrogen and oxygen atoms in total. The van der Waals surface area contributed by atoms with Crippen molar-refractivity contribution in [3.8, 4) is 11.3 Å². The first-order chi connectivity index (χ1) is 6.27. The molecule has 2 aromatic rings. The average Bonchev–Trinajstić information content (AvgIpc) is 2.62. The third kappa shape index (κ3) is 1.38. The van der Waals surface area contributed by atoms with Gasteiger partial charge in [-0.1, -0.05) is 6.07 Å². The number of aromatic amines is 1. The van der Waals surface area contributed by atoms with Crippen molar-refractivity contribution in [2.75, 3.05) is 5.73 Å². The van der Waals surface area contributed by atoms with Crippen LogP contribution in [0.15, 0.2) is 30.5 Å². The van der Waals surface area contributed by atoms with Crippen molar-refractivity contribution in [2.45, 2.75) is 0 Å². The van der Waals surface area contributed by atoms with E-state index in [1.165, 1.54) is 12.1 Å². The summed E-state index contributed by atoms with van der Waals surface area (Å²) in [4.78, 5) is 0. The Balaban J connectivity index is 2.49. The van der Waals surface area contributed by atoms with Gasteiger partial charge in [-0.15, -0.1) is 0 Å². The Morgan fingerprint density at radius 1 is 1.31 bits per heavy atom. The van der Waals surface area contributed by atoms with Crippen LogP contribution in [0, 0.1) is 5.82 Å². The van der Waals surface area contributed by atoms with Crippen LogP contribution in [0.5, 0.6) is 0 Å². The number of hydrogen-bond acceptors (Lipinski definition) is 2. The zero-order valence-electron chi connectivity index (χ0n) is 6.79. The highest BCUT2D eigenvalue weighted by molar-refractivity contribution is 5.61. The zero-order valence-corrected chi connectivity index (χ0v) is 6.79. The van der Waals surface area contributed by atoms with E-state index in [1.807, 2.05) is 0 Å². The summed E-state index contributed by atoms with van der Waals surface area (Å²) in [5.41, 5.74) is 6.91. The molecule has 1 heterocycles. The van der Waals surface area contributed by atoms with Gasteiger partial charge in [-0.25, -0.2) is 4.39 Å². The Labute approximate surface area is 74.4 Å². The highest BCUT2D eigenvalue weighted by Gasteiger charge is 2.03. The van der Waals surface area contributed by atoms with Gasteiger partial charge in [-0.3, -0.25) is 5.10 Å². The molecule has 0 fully saturated rings. The molecule has 66 valence electrons. The summed E-state index contributed by atoms with van der Waals surface area (Å²) >= 11 is 0. The van der Waals surface area contributed by atoms with E-state index >= 15 is 0 Å². The molecular formula is C9H8FN3. The van der Waals surface area contributed by atoms with Gasteiger partial charge >= 0.3 is 0 Å². The summed E-state index contributed by atoms with van der Waals surface area (Å²) < 4.78 is 13.0. The van der Waals surface area contributed by atoms with Gasteiger partial charge in [-0.2, -0.15) is 5.10 Å². The number of H-pyrrole nitrogens is 1. The Bertz CT molecular complexity index is 409. The minimum atomic E-state index is -0.416. The van der Waals surface area contributed by atoms with Crippen LogP contribution in [0.25, 0.3) is 11.3 Å². The first-order valence-electron chi connectivity index (χ1n) is 3.82. The van der Waals surface area contributed by atoms with Gasteiger partial charge < -0.3 is 5.73 Å². The summed E-state index contributed by atoms with van der Waals surface area (Å²) in [6, 6.07) is 6.39. The highest BCUT2D eigenvalue weighted by Crippen LogP contribution is 2.20. The highest BCUT2D eigenvalue weighted by atomic mass is 19.1. The maximum atomic E-state index is 13.0. The summed E-state index contributed by atoms with van der Waals surface area (Å²) in [5, 5.41) is 6.58. The maximum Gasteiger partial charge on any atom is 0.146 e. The average molecular weight is 177 g/mol. The van der Waals surface area contributed by atoms with Gasteiger partial charge in [0.1, 0.15) is 5.82 Å². The minimum absolute atomic E-state index is 0.152. The van der Waals surface area contributed by atoms with Crippen LogP contribution in [0.1, 0.15) is 0 Å². The first kappa shape index (κ1) is 7.79. The molecule has 0 saturated heterocycles. The molecule has 0 unspecified atom stereocenters. The Morgan fingerprint density at radius 2 is 2.15 bits per heavy atom. The van der Waals surface area contributed by atoms with Gasteiger partial charge in [0.15, 0.2) is 0 Å². The normalized spacial score (nSPS) is 10.2. The molecular weight excluding hydrogens is 169 g/mol. The van der Waals surface area contributed by atoms with E-state index < -0.39 is 5.82 Å². The predicted octanol–water partition coefficient (Wildman–Crippen LogP) is 1.80. The fraction of sp³-hybridized carbons (Fsp3) is 0. The molecule has 3 N–H and O–H groups in total. The number of rotatable bonds is 1. The van der Waals surface area contributed by atoms with Crippen molar-refractivity contribution in [1.29, 1.82) is 0 Å². The van der Waals surface area contributed by atoms with Gasteiger partial charge in [0.2, 0.25) is 0 Å². The van der Waals surface area contributed by atoms with E-state index in [1.54, 1.807) is 18.3 Å². The second kappa shape index (κ2) is 2.90. The number of benzene rings is 1. The zero-order chi connectivity index (χ0) is 9.26. The van der Waals surface area contributed by atoms with Crippen LogP contribution < -0.4 is 5.73 Å². The Kier molecular flexibility index (Phi) is 1.73. The molecule has 1 aromatic carbocycles. The molecule has 2 rings (SSSR count). The lowest BCUT2D eigenvalue weighted by molar-refractivity contribution is 0.633. The lowest BCUT2D eigenvalue weighted by Gasteiger charge is -1.98. The van der Waals surface area contributed by atoms with Gasteiger partial charge in [-0.05, 0) is 18.2 Å². The van der Waals surface area contributed by atoms with Crippen molar-refractivity contribution < 1.29 is 4.39 Å². The van der Waals surface area contributed by atoms with E-state index in [0.717, 1.165) is 0 Å². The summed E-state index contributed by atoms with van der Waals surface area (Å²) in [6.45, 7) is 0. The van der Waals surface area contributed by atoms with Gasteiger partial charge in [0, 0.05) is 11.8 Å². The molecule has 0 radical (unpaired) electrons. The van der Waals surface area contributed by atoms with Crippen LogP contribution in [-0.4, -0.2) is 10.2 Å². The fourth-order valence-electron chi connectivity index (χ4n) is 1.11. The van der Waals surface area contributed by atoms with E-state index in [-0.39, 0.29) is 5.69 Å². The molecule has 0 aliphatic heterocycles. The maximum absolute atomic E-state index is 13.0. The van der Waals surface area contributed by atoms with Crippen molar-refractivity contribution in [3.05, 3.63) is 36.3 Å². The topological polar surface area (TPSA) is 54.7 Å². The van der Waals surface area contributed by atoms with Crippen LogP contribution in [-0.2, 0) is 0 Å². The van der Waals surface area contributed by atoms with Gasteiger partial charge in [0.05, 0.1) is 11.4 Å². The second-order valence-electron chi connectivity index (χ2n) is 2.70. The molecule has 13 heavy (non-hydrogen) atoms. The standard InChI is InChI=1S/C9H8FN3/c10-7-5-6(1-2-8(7)11)9-3-4-12-13-9/h1-5H,11H2,(H,12,13). The number of nitrogen functional groups attached to an aromatic ring is 1. The summed E-state index contributed by atoms with van der Waals surface area (Å²) in [5.74, 6) is -0.416.